The van der Waals surface area contributed by atoms with E-state index in [0.29, 0.717) is 49.4 Å². The second-order valence-electron chi connectivity index (χ2n) is 13.0. The standard InChI is InChI=1S/C38H46N4O6/c43-35(39-19-15-31(16-20-39)23-29-9-3-1-4-10-29)25-41(27-37(45)46)33-13-7-8-14-34(33)42(28-38(47)48)26-36(44)40-21-17-32(18-22-40)24-30-11-5-2-6-12-30/h1-14,31-32H,15-28H2,(H,45,46)(H,47,48). The summed E-state index contributed by atoms with van der Waals surface area (Å²) in [4.78, 5) is 57.6. The molecule has 0 aromatic heterocycles. The Bertz CT molecular complexity index is 1400. The highest BCUT2D eigenvalue weighted by molar-refractivity contribution is 5.90. The third-order valence-electron chi connectivity index (χ3n) is 9.54. The van der Waals surface area contributed by atoms with Gasteiger partial charge in [-0.2, -0.15) is 0 Å². The number of carbonyl (C=O) groups excluding carboxylic acids is 2. The number of piperidine rings is 2. The first-order valence-corrected chi connectivity index (χ1v) is 16.9. The van der Waals surface area contributed by atoms with Crippen LogP contribution in [0.1, 0.15) is 36.8 Å². The fraction of sp³-hybridized carbons (Fsp3) is 0.421. The van der Waals surface area contributed by atoms with Crippen molar-refractivity contribution >= 4 is 35.1 Å². The normalized spacial score (nSPS) is 15.6. The van der Waals surface area contributed by atoms with E-state index in [1.807, 2.05) is 36.4 Å². The van der Waals surface area contributed by atoms with E-state index in [1.165, 1.54) is 20.9 Å². The molecule has 2 fully saturated rings. The summed E-state index contributed by atoms with van der Waals surface area (Å²) in [5.41, 5.74) is 3.37. The van der Waals surface area contributed by atoms with E-state index in [4.69, 9.17) is 0 Å². The number of aliphatic carboxylic acids is 2. The molecule has 5 rings (SSSR count). The summed E-state index contributed by atoms with van der Waals surface area (Å²) < 4.78 is 0. The Morgan fingerprint density at radius 1 is 0.521 bits per heavy atom. The molecule has 0 atom stereocenters. The van der Waals surface area contributed by atoms with Gasteiger partial charge in [0.15, 0.2) is 0 Å². The molecule has 0 radical (unpaired) electrons. The second kappa shape index (κ2) is 16.8. The number of benzene rings is 3. The quantitative estimate of drug-likeness (QED) is 0.262. The van der Waals surface area contributed by atoms with Crippen molar-refractivity contribution in [1.29, 1.82) is 0 Å². The van der Waals surface area contributed by atoms with Crippen LogP contribution < -0.4 is 9.80 Å². The Morgan fingerprint density at radius 2 is 0.854 bits per heavy atom. The molecule has 0 aliphatic carbocycles. The Morgan fingerprint density at radius 3 is 1.19 bits per heavy atom. The molecule has 2 aliphatic rings. The van der Waals surface area contributed by atoms with E-state index in [9.17, 15) is 29.4 Å². The zero-order valence-electron chi connectivity index (χ0n) is 27.5. The summed E-state index contributed by atoms with van der Waals surface area (Å²) in [5, 5.41) is 19.6. The first-order valence-electron chi connectivity index (χ1n) is 16.9. The van der Waals surface area contributed by atoms with Crippen LogP contribution in [0.15, 0.2) is 84.9 Å². The summed E-state index contributed by atoms with van der Waals surface area (Å²) in [7, 11) is 0. The lowest BCUT2D eigenvalue weighted by molar-refractivity contribution is -0.137. The van der Waals surface area contributed by atoms with Crippen molar-refractivity contribution in [2.24, 2.45) is 11.8 Å². The topological polar surface area (TPSA) is 122 Å². The van der Waals surface area contributed by atoms with E-state index in [2.05, 4.69) is 24.3 Å². The lowest BCUT2D eigenvalue weighted by Crippen LogP contribution is -2.47. The summed E-state index contributed by atoms with van der Waals surface area (Å²) in [6.07, 6.45) is 5.40. The molecule has 0 spiro atoms. The predicted molar refractivity (Wildman–Crippen MR) is 185 cm³/mol. The molecule has 48 heavy (non-hydrogen) atoms. The van der Waals surface area contributed by atoms with E-state index in [0.717, 1.165) is 38.5 Å². The van der Waals surface area contributed by atoms with E-state index >= 15 is 0 Å². The van der Waals surface area contributed by atoms with Crippen LogP contribution in [0.3, 0.4) is 0 Å². The number of carboxylic acids is 2. The molecule has 3 aromatic rings. The van der Waals surface area contributed by atoms with Gasteiger partial charge in [-0.3, -0.25) is 19.2 Å². The Balaban J connectivity index is 1.24. The van der Waals surface area contributed by atoms with E-state index in [-0.39, 0.29) is 24.9 Å². The van der Waals surface area contributed by atoms with Crippen molar-refractivity contribution < 1.29 is 29.4 Å². The zero-order valence-corrected chi connectivity index (χ0v) is 27.5. The molecule has 0 saturated carbocycles. The Hall–Kier alpha value is -4.86. The molecule has 254 valence electrons. The molecule has 3 aromatic carbocycles. The van der Waals surface area contributed by atoms with Crippen LogP contribution in [-0.4, -0.2) is 96.1 Å². The average Bonchev–Trinajstić information content (AvgIpc) is 3.09. The third-order valence-corrected chi connectivity index (χ3v) is 9.54. The number of para-hydroxylation sites is 2. The number of carbonyl (C=O) groups is 4. The van der Waals surface area contributed by atoms with Gasteiger partial charge in [0.1, 0.15) is 13.1 Å². The molecule has 0 unspecified atom stereocenters. The SMILES string of the molecule is O=C(O)CN(CC(=O)N1CCC(Cc2ccccc2)CC1)c1ccccc1N(CC(=O)O)CC(=O)N1CCC(Cc2ccccc2)CC1. The van der Waals surface area contributed by atoms with Gasteiger partial charge in [-0.15, -0.1) is 0 Å². The number of hydrogen-bond donors (Lipinski definition) is 2. The molecular weight excluding hydrogens is 608 g/mol. The molecule has 10 nitrogen and oxygen atoms in total. The zero-order chi connectivity index (χ0) is 33.9. The maximum atomic E-state index is 13.5. The van der Waals surface area contributed by atoms with Gasteiger partial charge >= 0.3 is 11.9 Å². The minimum Gasteiger partial charge on any atom is -0.480 e. The highest BCUT2D eigenvalue weighted by atomic mass is 16.4. The van der Waals surface area contributed by atoms with E-state index in [1.54, 1.807) is 34.1 Å². The van der Waals surface area contributed by atoms with Crippen LogP contribution in [0.4, 0.5) is 11.4 Å². The monoisotopic (exact) mass is 654 g/mol. The number of nitrogens with zero attached hydrogens (tertiary/aromatic N) is 4. The van der Waals surface area contributed by atoms with Gasteiger partial charge in [0, 0.05) is 26.2 Å². The van der Waals surface area contributed by atoms with Crippen molar-refractivity contribution in [3.8, 4) is 0 Å². The van der Waals surface area contributed by atoms with Crippen molar-refractivity contribution in [3.63, 3.8) is 0 Å². The molecular formula is C38H46N4O6. The first-order chi connectivity index (χ1) is 23.2. The van der Waals surface area contributed by atoms with Crippen molar-refractivity contribution in [2.75, 3.05) is 62.2 Å². The fourth-order valence-corrected chi connectivity index (χ4v) is 6.97. The number of carboxylic acid groups (broad SMARTS) is 2. The smallest absolute Gasteiger partial charge is 0.323 e. The molecule has 2 amide bonds. The predicted octanol–water partition coefficient (Wildman–Crippen LogP) is 4.43. The van der Waals surface area contributed by atoms with Gasteiger partial charge in [0.2, 0.25) is 11.8 Å². The molecule has 2 saturated heterocycles. The maximum Gasteiger partial charge on any atom is 0.323 e. The van der Waals surface area contributed by atoms with Crippen LogP contribution in [-0.2, 0) is 32.0 Å². The van der Waals surface area contributed by atoms with Crippen LogP contribution >= 0.6 is 0 Å². The molecule has 2 N–H and O–H groups in total. The molecule has 0 bridgehead atoms. The van der Waals surface area contributed by atoms with Gasteiger partial charge < -0.3 is 29.8 Å². The number of amides is 2. The van der Waals surface area contributed by atoms with Gasteiger partial charge in [0.25, 0.3) is 0 Å². The number of rotatable bonds is 14. The Kier molecular flexibility index (Phi) is 12.1. The van der Waals surface area contributed by atoms with Crippen LogP contribution in [0.5, 0.6) is 0 Å². The third kappa shape index (κ3) is 9.82. The molecule has 2 aliphatic heterocycles. The number of hydrogen-bond acceptors (Lipinski definition) is 6. The van der Waals surface area contributed by atoms with Gasteiger partial charge in [-0.25, -0.2) is 0 Å². The lowest BCUT2D eigenvalue weighted by Gasteiger charge is -2.36. The van der Waals surface area contributed by atoms with Crippen LogP contribution in [0.25, 0.3) is 0 Å². The first kappa shape index (κ1) is 34.5. The fourth-order valence-electron chi connectivity index (χ4n) is 6.97. The largest absolute Gasteiger partial charge is 0.480 e. The Labute approximate surface area is 282 Å². The van der Waals surface area contributed by atoms with Crippen molar-refractivity contribution in [3.05, 3.63) is 96.1 Å². The number of anilines is 2. The van der Waals surface area contributed by atoms with Crippen LogP contribution in [0, 0.1) is 11.8 Å². The second-order valence-corrected chi connectivity index (χ2v) is 13.0. The van der Waals surface area contributed by atoms with Crippen LogP contribution in [0.2, 0.25) is 0 Å². The van der Waals surface area contributed by atoms with Gasteiger partial charge in [0.05, 0.1) is 24.5 Å². The van der Waals surface area contributed by atoms with E-state index < -0.39 is 25.0 Å². The van der Waals surface area contributed by atoms with Gasteiger partial charge in [-0.1, -0.05) is 72.8 Å². The number of likely N-dealkylation sites (tertiary alicyclic amines) is 2. The van der Waals surface area contributed by atoms with Crippen molar-refractivity contribution in [1.82, 2.24) is 9.80 Å². The summed E-state index contributed by atoms with van der Waals surface area (Å²) >= 11 is 0. The summed E-state index contributed by atoms with van der Waals surface area (Å²) in [5.74, 6) is -1.63. The van der Waals surface area contributed by atoms with Crippen molar-refractivity contribution in [2.45, 2.75) is 38.5 Å². The highest BCUT2D eigenvalue weighted by Crippen LogP contribution is 2.31. The summed E-state index contributed by atoms with van der Waals surface area (Å²) in [6.45, 7) is 1.16. The maximum absolute atomic E-state index is 13.5. The molecule has 10 heteroatoms. The summed E-state index contributed by atoms with van der Waals surface area (Å²) in [6, 6.07) is 27.4. The minimum absolute atomic E-state index is 0.170. The van der Waals surface area contributed by atoms with Gasteiger partial charge in [-0.05, 0) is 73.6 Å². The molecule has 2 heterocycles. The lowest BCUT2D eigenvalue weighted by atomic mass is 9.90. The minimum atomic E-state index is -1.11. The average molecular weight is 655 g/mol. The highest BCUT2D eigenvalue weighted by Gasteiger charge is 2.29.